The predicted octanol–water partition coefficient (Wildman–Crippen LogP) is 6.78. The molecule has 3 aliphatic heterocycles. The fourth-order valence-corrected chi connectivity index (χ4v) is 9.18. The normalized spacial score (nSPS) is 20.6. The van der Waals surface area contributed by atoms with Crippen LogP contribution in [-0.2, 0) is 10.9 Å². The first-order valence-corrected chi connectivity index (χ1v) is 17.8. The van der Waals surface area contributed by atoms with Crippen LogP contribution in [0.3, 0.4) is 0 Å². The van der Waals surface area contributed by atoms with E-state index in [0.717, 1.165) is 18.6 Å². The van der Waals surface area contributed by atoms with E-state index in [1.165, 1.54) is 13.3 Å². The zero-order chi connectivity index (χ0) is 38.1. The number of nitrogens with two attached hydrogens (primary N) is 2. The summed E-state index contributed by atoms with van der Waals surface area (Å²) >= 11 is 0.659. The van der Waals surface area contributed by atoms with Gasteiger partial charge in [0.2, 0.25) is 0 Å². The van der Waals surface area contributed by atoms with Gasteiger partial charge in [-0.3, -0.25) is 4.90 Å². The van der Waals surface area contributed by atoms with Crippen molar-refractivity contribution in [1.29, 1.82) is 5.26 Å². The minimum absolute atomic E-state index is 0.0420. The molecule has 18 heteroatoms. The third-order valence-electron chi connectivity index (χ3n) is 10.5. The zero-order valence-corrected chi connectivity index (χ0v) is 29.5. The molecule has 5 aromatic rings. The molecule has 2 aromatic carbocycles. The molecule has 0 saturated carbocycles. The van der Waals surface area contributed by atoms with E-state index in [4.69, 9.17) is 25.7 Å². The first-order chi connectivity index (χ1) is 25.9. The number of aromatic nitrogens is 3. The molecular formula is C36H32F6N8O3S. The monoisotopic (exact) mass is 770 g/mol. The van der Waals surface area contributed by atoms with Crippen molar-refractivity contribution in [2.75, 3.05) is 62.9 Å². The van der Waals surface area contributed by atoms with Crippen molar-refractivity contribution in [3.8, 4) is 29.0 Å². The fraction of sp³-hybridized carbons (Fsp3) is 0.389. The summed E-state index contributed by atoms with van der Waals surface area (Å²) in [6.45, 7) is 0.356. The molecule has 8 rings (SSSR count). The quantitative estimate of drug-likeness (QED) is 0.161. The fourth-order valence-electron chi connectivity index (χ4n) is 8.23. The van der Waals surface area contributed by atoms with Gasteiger partial charge in [-0.2, -0.15) is 28.4 Å². The summed E-state index contributed by atoms with van der Waals surface area (Å²) in [6, 6.07) is 5.82. The van der Waals surface area contributed by atoms with Crippen LogP contribution in [0.1, 0.15) is 42.0 Å². The molecule has 11 nitrogen and oxygen atoms in total. The first kappa shape index (κ1) is 35.9. The van der Waals surface area contributed by atoms with Gasteiger partial charge >= 0.3 is 12.2 Å². The SMILES string of the molecule is COC[C@H](c1cccnc1N)N1CCOc2c(C(F)(F)F)c(-c3ccc(F)c4sc(N)c(C#N)c34)c(F)c3nc(OC[C@@]45CCCN4C[C@H](F)C5)nc1c23. The maximum Gasteiger partial charge on any atom is 0.420 e. The third-order valence-corrected chi connectivity index (χ3v) is 11.5. The van der Waals surface area contributed by atoms with Crippen molar-refractivity contribution >= 4 is 49.0 Å². The lowest BCUT2D eigenvalue weighted by Gasteiger charge is -2.33. The number of alkyl halides is 4. The minimum atomic E-state index is -5.26. The van der Waals surface area contributed by atoms with Crippen molar-refractivity contribution in [3.63, 3.8) is 0 Å². The number of nitriles is 1. The standard InChI is InChI=1S/C36H32F6N8O3S/c1-51-15-22(18-4-2-8-46-31(18)44)50-10-11-52-29-25-28(47-34(48-33(25)50)53-16-35-7-3-9-49(35)14-17(37)12-35)27(39)24(26(29)36(40,41)42)19-5-6-21(38)30-23(19)20(13-43)32(45)54-30/h2,4-6,8,17,22H,3,7,9-12,14-16,45H2,1H3,(H2,44,46)/t17-,22-,35+/m1/s1. The molecule has 6 heterocycles. The van der Waals surface area contributed by atoms with Crippen LogP contribution < -0.4 is 25.8 Å². The van der Waals surface area contributed by atoms with Crippen molar-refractivity contribution in [1.82, 2.24) is 19.9 Å². The number of thiophene rings is 1. The predicted molar refractivity (Wildman–Crippen MR) is 189 cm³/mol. The highest BCUT2D eigenvalue weighted by atomic mass is 32.1. The lowest BCUT2D eigenvalue weighted by atomic mass is 9.91. The van der Waals surface area contributed by atoms with Crippen molar-refractivity contribution in [3.05, 3.63) is 58.8 Å². The van der Waals surface area contributed by atoms with Gasteiger partial charge < -0.3 is 30.6 Å². The number of benzene rings is 2. The maximum absolute atomic E-state index is 17.5. The van der Waals surface area contributed by atoms with Gasteiger partial charge in [-0.05, 0) is 37.1 Å². The van der Waals surface area contributed by atoms with Crippen LogP contribution in [0.25, 0.3) is 32.1 Å². The molecule has 3 aliphatic rings. The third kappa shape index (κ3) is 5.67. The maximum atomic E-state index is 17.5. The highest BCUT2D eigenvalue weighted by Gasteiger charge is 2.50. The molecule has 54 heavy (non-hydrogen) atoms. The number of nitrogen functional groups attached to an aromatic ring is 2. The number of anilines is 3. The van der Waals surface area contributed by atoms with Gasteiger partial charge in [0.05, 0.1) is 40.4 Å². The minimum Gasteiger partial charge on any atom is -0.490 e. The Balaban J connectivity index is 1.43. The Bertz CT molecular complexity index is 2350. The topological polar surface area (TPSA) is 149 Å². The average molecular weight is 771 g/mol. The summed E-state index contributed by atoms with van der Waals surface area (Å²) in [4.78, 5) is 16.8. The molecule has 0 amide bonds. The van der Waals surface area contributed by atoms with Crippen LogP contribution in [0.4, 0.5) is 43.0 Å². The number of rotatable bonds is 8. The van der Waals surface area contributed by atoms with Crippen LogP contribution >= 0.6 is 11.3 Å². The van der Waals surface area contributed by atoms with Gasteiger partial charge in [-0.1, -0.05) is 12.1 Å². The Hall–Kier alpha value is -5.12. The van der Waals surface area contributed by atoms with Crippen LogP contribution in [0.2, 0.25) is 0 Å². The lowest BCUT2D eigenvalue weighted by Crippen LogP contribution is -2.43. The Morgan fingerprint density at radius 2 is 1.98 bits per heavy atom. The molecular weight excluding hydrogens is 739 g/mol. The molecule has 282 valence electrons. The van der Waals surface area contributed by atoms with Crippen molar-refractivity contribution < 1.29 is 40.6 Å². The molecule has 0 bridgehead atoms. The number of pyridine rings is 1. The molecule has 2 fully saturated rings. The Morgan fingerprint density at radius 3 is 2.72 bits per heavy atom. The Labute approximate surface area is 308 Å². The smallest absolute Gasteiger partial charge is 0.420 e. The van der Waals surface area contributed by atoms with Crippen LogP contribution in [0.15, 0.2) is 30.5 Å². The van der Waals surface area contributed by atoms with E-state index in [1.54, 1.807) is 17.0 Å². The van der Waals surface area contributed by atoms with E-state index in [9.17, 15) is 9.65 Å². The van der Waals surface area contributed by atoms with Gasteiger partial charge in [0, 0.05) is 42.8 Å². The molecule has 2 saturated heterocycles. The van der Waals surface area contributed by atoms with Crippen molar-refractivity contribution in [2.24, 2.45) is 0 Å². The van der Waals surface area contributed by atoms with Crippen molar-refractivity contribution in [2.45, 2.75) is 43.2 Å². The number of hydrogen-bond donors (Lipinski definition) is 2. The summed E-state index contributed by atoms with van der Waals surface area (Å²) in [5, 5.41) is 9.10. The molecule has 0 aliphatic carbocycles. The summed E-state index contributed by atoms with van der Waals surface area (Å²) in [5.41, 5.74) is 8.22. The number of halogens is 6. The second-order valence-electron chi connectivity index (χ2n) is 13.6. The zero-order valence-electron chi connectivity index (χ0n) is 28.6. The molecule has 4 N–H and O–H groups in total. The molecule has 3 atom stereocenters. The number of hydrogen-bond acceptors (Lipinski definition) is 12. The van der Waals surface area contributed by atoms with E-state index < -0.39 is 68.9 Å². The van der Waals surface area contributed by atoms with E-state index in [1.807, 2.05) is 11.0 Å². The summed E-state index contributed by atoms with van der Waals surface area (Å²) < 4.78 is 111. The largest absolute Gasteiger partial charge is 0.490 e. The van der Waals surface area contributed by atoms with Crippen LogP contribution in [-0.4, -0.2) is 78.1 Å². The second-order valence-corrected chi connectivity index (χ2v) is 14.6. The Kier molecular flexibility index (Phi) is 8.85. The van der Waals surface area contributed by atoms with E-state index in [0.29, 0.717) is 29.9 Å². The lowest BCUT2D eigenvalue weighted by molar-refractivity contribution is -0.138. The van der Waals surface area contributed by atoms with Gasteiger partial charge in [-0.25, -0.2) is 18.2 Å². The van der Waals surface area contributed by atoms with Crippen LogP contribution in [0.5, 0.6) is 11.8 Å². The average Bonchev–Trinajstić information content (AvgIpc) is 3.73. The highest BCUT2D eigenvalue weighted by Crippen LogP contribution is 2.54. The molecule has 0 unspecified atom stereocenters. The molecule has 0 radical (unpaired) electrons. The van der Waals surface area contributed by atoms with Gasteiger partial charge in [0.25, 0.3) is 0 Å². The number of ether oxygens (including phenoxy) is 3. The van der Waals surface area contributed by atoms with Crippen LogP contribution in [0, 0.1) is 23.0 Å². The number of nitrogens with zero attached hydrogens (tertiary/aromatic N) is 6. The number of fused-ring (bicyclic) bond motifs is 2. The van der Waals surface area contributed by atoms with E-state index in [2.05, 4.69) is 15.0 Å². The summed E-state index contributed by atoms with van der Waals surface area (Å²) in [7, 11) is 1.43. The molecule has 0 spiro atoms. The summed E-state index contributed by atoms with van der Waals surface area (Å²) in [6.07, 6.45) is -3.22. The summed E-state index contributed by atoms with van der Waals surface area (Å²) in [5.74, 6) is -3.12. The second kappa shape index (κ2) is 13.3. The number of methoxy groups -OCH3 is 1. The van der Waals surface area contributed by atoms with Gasteiger partial charge in [-0.15, -0.1) is 11.3 Å². The Morgan fingerprint density at radius 1 is 1.17 bits per heavy atom. The van der Waals surface area contributed by atoms with E-state index in [-0.39, 0.29) is 77.6 Å². The van der Waals surface area contributed by atoms with Gasteiger partial charge in [0.1, 0.15) is 64.7 Å². The van der Waals surface area contributed by atoms with E-state index >= 15 is 22.0 Å². The van der Waals surface area contributed by atoms with Gasteiger partial charge in [0.15, 0.2) is 5.82 Å². The highest BCUT2D eigenvalue weighted by molar-refractivity contribution is 7.23. The molecule has 3 aromatic heterocycles. The first-order valence-electron chi connectivity index (χ1n) is 17.0.